The molecular weight excluding hydrogens is 156 g/mol. The van der Waals surface area contributed by atoms with Crippen LogP contribution in [-0.2, 0) is 10.2 Å². The van der Waals surface area contributed by atoms with Crippen molar-refractivity contribution < 1.29 is 9.32 Å². The lowest BCUT2D eigenvalue weighted by molar-refractivity contribution is -0.105. The molecule has 0 radical (unpaired) electrons. The average molecular weight is 166 g/mol. The van der Waals surface area contributed by atoms with Crippen LogP contribution >= 0.6 is 0 Å². The molecule has 0 bridgehead atoms. The van der Waals surface area contributed by atoms with Crippen LogP contribution in [0.5, 0.6) is 0 Å². The molecule has 4 nitrogen and oxygen atoms in total. The van der Waals surface area contributed by atoms with Crippen molar-refractivity contribution >= 4 is 12.2 Å². The maximum Gasteiger partial charge on any atom is 0.212 e. The van der Waals surface area contributed by atoms with E-state index < -0.39 is 0 Å². The Labute approximate surface area is 69.9 Å². The number of rotatable bonds is 3. The molecule has 64 valence electrons. The Hall–Kier alpha value is -1.32. The standard InChI is InChI=1S/C8H10N2O2/c1-8(2-3-8)6-4-7(9-5-11)10-12-6/h4-5H,2-3H2,1H3,(H,9,10,11). The lowest BCUT2D eigenvalue weighted by Gasteiger charge is -1.98. The van der Waals surface area contributed by atoms with E-state index in [-0.39, 0.29) is 5.41 Å². The van der Waals surface area contributed by atoms with Crippen LogP contribution in [0.25, 0.3) is 0 Å². The van der Waals surface area contributed by atoms with Gasteiger partial charge >= 0.3 is 0 Å². The van der Waals surface area contributed by atoms with Gasteiger partial charge < -0.3 is 9.84 Å². The zero-order valence-electron chi connectivity index (χ0n) is 6.83. The summed E-state index contributed by atoms with van der Waals surface area (Å²) in [6.45, 7) is 2.12. The van der Waals surface area contributed by atoms with Crippen molar-refractivity contribution in [2.45, 2.75) is 25.2 Å². The number of aromatic nitrogens is 1. The third kappa shape index (κ3) is 1.09. The number of amides is 1. The van der Waals surface area contributed by atoms with Crippen molar-refractivity contribution in [2.24, 2.45) is 0 Å². The number of hydrogen-bond donors (Lipinski definition) is 1. The molecule has 0 aliphatic heterocycles. The minimum absolute atomic E-state index is 0.176. The second-order valence-electron chi connectivity index (χ2n) is 3.40. The fourth-order valence-corrected chi connectivity index (χ4v) is 1.12. The summed E-state index contributed by atoms with van der Waals surface area (Å²) in [5.41, 5.74) is 0.176. The van der Waals surface area contributed by atoms with E-state index in [1.54, 1.807) is 6.07 Å². The molecule has 1 aliphatic rings. The molecule has 1 N–H and O–H groups in total. The van der Waals surface area contributed by atoms with Crippen molar-refractivity contribution in [1.29, 1.82) is 0 Å². The van der Waals surface area contributed by atoms with Crippen LogP contribution in [0.1, 0.15) is 25.5 Å². The minimum atomic E-state index is 0.176. The normalized spacial score (nSPS) is 18.8. The number of nitrogens with zero attached hydrogens (tertiary/aromatic N) is 1. The predicted molar refractivity (Wildman–Crippen MR) is 42.8 cm³/mol. The zero-order chi connectivity index (χ0) is 8.60. The number of nitrogens with one attached hydrogen (secondary N) is 1. The number of carbonyl (C=O) groups excluding carboxylic acids is 1. The highest BCUT2D eigenvalue weighted by Crippen LogP contribution is 2.47. The summed E-state index contributed by atoms with van der Waals surface area (Å²) in [4.78, 5) is 10.1. The van der Waals surface area contributed by atoms with Gasteiger partial charge in [0.05, 0.1) is 0 Å². The summed E-state index contributed by atoms with van der Waals surface area (Å²) >= 11 is 0. The van der Waals surface area contributed by atoms with Crippen molar-refractivity contribution in [3.63, 3.8) is 0 Å². The van der Waals surface area contributed by atoms with Crippen molar-refractivity contribution in [3.8, 4) is 0 Å². The monoisotopic (exact) mass is 166 g/mol. The highest BCUT2D eigenvalue weighted by molar-refractivity contribution is 5.68. The van der Waals surface area contributed by atoms with Crippen LogP contribution in [0.4, 0.5) is 5.82 Å². The van der Waals surface area contributed by atoms with Gasteiger partial charge in [-0.3, -0.25) is 4.79 Å². The molecule has 1 aromatic heterocycles. The Morgan fingerprint density at radius 3 is 3.08 bits per heavy atom. The van der Waals surface area contributed by atoms with E-state index in [2.05, 4.69) is 17.4 Å². The maximum atomic E-state index is 10.1. The van der Waals surface area contributed by atoms with E-state index in [4.69, 9.17) is 4.52 Å². The van der Waals surface area contributed by atoms with Crippen molar-refractivity contribution in [3.05, 3.63) is 11.8 Å². The topological polar surface area (TPSA) is 55.1 Å². The summed E-state index contributed by atoms with van der Waals surface area (Å²) in [5, 5.41) is 6.14. The summed E-state index contributed by atoms with van der Waals surface area (Å²) in [7, 11) is 0. The molecule has 0 spiro atoms. The second kappa shape index (κ2) is 2.33. The lowest BCUT2D eigenvalue weighted by atomic mass is 10.1. The first-order chi connectivity index (χ1) is 5.74. The molecule has 12 heavy (non-hydrogen) atoms. The van der Waals surface area contributed by atoms with Gasteiger partial charge in [0, 0.05) is 11.5 Å². The van der Waals surface area contributed by atoms with Crippen molar-refractivity contribution in [1.82, 2.24) is 5.16 Å². The molecule has 0 atom stereocenters. The molecule has 0 unspecified atom stereocenters. The molecule has 1 aromatic rings. The molecule has 4 heteroatoms. The van der Waals surface area contributed by atoms with Gasteiger partial charge in [-0.15, -0.1) is 0 Å². The first-order valence-electron chi connectivity index (χ1n) is 3.92. The summed E-state index contributed by atoms with van der Waals surface area (Å²) in [6, 6.07) is 1.78. The maximum absolute atomic E-state index is 10.1. The third-order valence-corrected chi connectivity index (χ3v) is 2.31. The second-order valence-corrected chi connectivity index (χ2v) is 3.40. The number of carbonyl (C=O) groups is 1. The molecule has 1 heterocycles. The van der Waals surface area contributed by atoms with Crippen LogP contribution in [0.15, 0.2) is 10.6 Å². The van der Waals surface area contributed by atoms with E-state index in [1.807, 2.05) is 0 Å². The van der Waals surface area contributed by atoms with E-state index in [9.17, 15) is 4.79 Å². The van der Waals surface area contributed by atoms with Gasteiger partial charge in [-0.05, 0) is 12.8 Å². The van der Waals surface area contributed by atoms with Crippen LogP contribution in [-0.4, -0.2) is 11.6 Å². The summed E-state index contributed by atoms with van der Waals surface area (Å²) in [6.07, 6.45) is 2.88. The van der Waals surface area contributed by atoms with Crippen LogP contribution in [0.2, 0.25) is 0 Å². The quantitative estimate of drug-likeness (QED) is 0.688. The predicted octanol–water partition coefficient (Wildman–Crippen LogP) is 1.29. The molecule has 2 rings (SSSR count). The van der Waals surface area contributed by atoms with Gasteiger partial charge in [-0.1, -0.05) is 12.1 Å². The average Bonchev–Trinajstić information content (AvgIpc) is 2.64. The molecule has 1 fully saturated rings. The van der Waals surface area contributed by atoms with Gasteiger partial charge in [-0.25, -0.2) is 0 Å². The van der Waals surface area contributed by atoms with Crippen molar-refractivity contribution in [2.75, 3.05) is 5.32 Å². The minimum Gasteiger partial charge on any atom is -0.359 e. The third-order valence-electron chi connectivity index (χ3n) is 2.31. The Kier molecular flexibility index (Phi) is 1.43. The van der Waals surface area contributed by atoms with Crippen LogP contribution < -0.4 is 5.32 Å². The SMILES string of the molecule is CC1(c2cc(NC=O)no2)CC1. The van der Waals surface area contributed by atoms with Gasteiger partial charge in [0.2, 0.25) is 6.41 Å². The zero-order valence-corrected chi connectivity index (χ0v) is 6.83. The summed E-state index contributed by atoms with van der Waals surface area (Å²) < 4.78 is 5.07. The van der Waals surface area contributed by atoms with E-state index >= 15 is 0 Å². The largest absolute Gasteiger partial charge is 0.359 e. The van der Waals surface area contributed by atoms with Gasteiger partial charge in [0.15, 0.2) is 5.82 Å². The number of anilines is 1. The first-order valence-corrected chi connectivity index (χ1v) is 3.92. The van der Waals surface area contributed by atoms with Crippen LogP contribution in [0, 0.1) is 0 Å². The van der Waals surface area contributed by atoms with Gasteiger partial charge in [0.25, 0.3) is 0 Å². The van der Waals surface area contributed by atoms with E-state index in [0.717, 1.165) is 18.6 Å². The Morgan fingerprint density at radius 1 is 1.75 bits per heavy atom. The van der Waals surface area contributed by atoms with Gasteiger partial charge in [0.1, 0.15) is 5.76 Å². The molecule has 1 saturated carbocycles. The fourth-order valence-electron chi connectivity index (χ4n) is 1.12. The molecule has 0 aromatic carbocycles. The van der Waals surface area contributed by atoms with E-state index in [0.29, 0.717) is 12.2 Å². The van der Waals surface area contributed by atoms with E-state index in [1.165, 1.54) is 0 Å². The molecule has 0 saturated heterocycles. The first kappa shape index (κ1) is 7.34. The molecule has 1 aliphatic carbocycles. The highest BCUT2D eigenvalue weighted by Gasteiger charge is 2.42. The Morgan fingerprint density at radius 2 is 2.50 bits per heavy atom. The highest BCUT2D eigenvalue weighted by atomic mass is 16.5. The van der Waals surface area contributed by atoms with Crippen LogP contribution in [0.3, 0.4) is 0 Å². The number of hydrogen-bond acceptors (Lipinski definition) is 3. The lowest BCUT2D eigenvalue weighted by Crippen LogP contribution is -1.96. The van der Waals surface area contributed by atoms with Gasteiger partial charge in [-0.2, -0.15) is 0 Å². The fraction of sp³-hybridized carbons (Fsp3) is 0.500. The summed E-state index contributed by atoms with van der Waals surface area (Å²) in [5.74, 6) is 1.36. The Balaban J connectivity index is 2.18. The Bertz CT molecular complexity index is 302. The smallest absolute Gasteiger partial charge is 0.212 e. The molecular formula is C8H10N2O2. The molecule has 1 amide bonds.